The first kappa shape index (κ1) is 20.6. The van der Waals surface area contributed by atoms with Crippen molar-refractivity contribution in [1.82, 2.24) is 9.13 Å². The summed E-state index contributed by atoms with van der Waals surface area (Å²) in [7, 11) is 0. The number of ether oxygens (including phenoxy) is 2. The van der Waals surface area contributed by atoms with E-state index >= 15 is 0 Å². The fourth-order valence-corrected chi connectivity index (χ4v) is 3.99. The first-order chi connectivity index (χ1) is 14.8. The van der Waals surface area contributed by atoms with Gasteiger partial charge in [-0.25, -0.2) is 18.3 Å². The van der Waals surface area contributed by atoms with Crippen molar-refractivity contribution in [3.63, 3.8) is 0 Å². The highest BCUT2D eigenvalue weighted by Crippen LogP contribution is 2.11. The third-order valence-electron chi connectivity index (χ3n) is 5.57. The van der Waals surface area contributed by atoms with Crippen molar-refractivity contribution >= 4 is 22.1 Å². The van der Waals surface area contributed by atoms with E-state index < -0.39 is 0 Å². The maximum absolute atomic E-state index is 5.81. The standard InChI is InChI=1S/C24H32N4O2/c1-3-25-19-27(23-11-7-5-9-21(23)25)13-15-29-17-18-30-16-14-28-20-26(4-2)22-10-6-8-12-24(22)28/h5-12,19-20H,3-4,13-18H2,1-2H3/q+2. The van der Waals surface area contributed by atoms with Gasteiger partial charge >= 0.3 is 0 Å². The van der Waals surface area contributed by atoms with Gasteiger partial charge in [-0.2, -0.15) is 0 Å². The van der Waals surface area contributed by atoms with Crippen LogP contribution in [0.15, 0.2) is 61.2 Å². The summed E-state index contributed by atoms with van der Waals surface area (Å²) in [6.45, 7) is 10.6. The summed E-state index contributed by atoms with van der Waals surface area (Å²) in [5.41, 5.74) is 5.04. The van der Waals surface area contributed by atoms with Crippen molar-refractivity contribution in [2.24, 2.45) is 0 Å². The highest BCUT2D eigenvalue weighted by Gasteiger charge is 2.14. The van der Waals surface area contributed by atoms with Gasteiger partial charge in [0.2, 0.25) is 12.7 Å². The predicted octanol–water partition coefficient (Wildman–Crippen LogP) is 2.94. The SMILES string of the molecule is CCn1c[n+](CCOCCOCC[n+]2cn(CC)c3ccccc32)c2ccccc21. The molecule has 0 aliphatic carbocycles. The van der Waals surface area contributed by atoms with Gasteiger partial charge in [0.15, 0.2) is 22.1 Å². The Morgan fingerprint density at radius 2 is 1.07 bits per heavy atom. The Labute approximate surface area is 177 Å². The van der Waals surface area contributed by atoms with E-state index in [1.54, 1.807) is 0 Å². The molecule has 2 aromatic carbocycles. The van der Waals surface area contributed by atoms with Gasteiger partial charge in [-0.05, 0) is 38.1 Å². The van der Waals surface area contributed by atoms with Crippen LogP contribution in [-0.2, 0) is 35.7 Å². The predicted molar refractivity (Wildman–Crippen MR) is 117 cm³/mol. The van der Waals surface area contributed by atoms with Crippen molar-refractivity contribution in [3.05, 3.63) is 61.2 Å². The molecule has 30 heavy (non-hydrogen) atoms. The highest BCUT2D eigenvalue weighted by atomic mass is 16.5. The summed E-state index contributed by atoms with van der Waals surface area (Å²) in [6, 6.07) is 17.0. The lowest BCUT2D eigenvalue weighted by molar-refractivity contribution is -0.674. The van der Waals surface area contributed by atoms with Crippen molar-refractivity contribution in [3.8, 4) is 0 Å². The zero-order chi connectivity index (χ0) is 20.8. The van der Waals surface area contributed by atoms with Crippen LogP contribution in [0, 0.1) is 0 Å². The number of hydrogen-bond donors (Lipinski definition) is 0. The molecule has 0 saturated carbocycles. The number of rotatable bonds is 11. The summed E-state index contributed by atoms with van der Waals surface area (Å²) in [6.07, 6.45) is 4.35. The molecule has 4 aromatic rings. The van der Waals surface area contributed by atoms with Crippen LogP contribution in [0.25, 0.3) is 22.1 Å². The summed E-state index contributed by atoms with van der Waals surface area (Å²) < 4.78 is 20.7. The van der Waals surface area contributed by atoms with Crippen LogP contribution < -0.4 is 9.13 Å². The van der Waals surface area contributed by atoms with Gasteiger partial charge in [-0.1, -0.05) is 24.3 Å². The molecule has 0 bridgehead atoms. The van der Waals surface area contributed by atoms with E-state index in [1.807, 2.05) is 0 Å². The molecule has 0 N–H and O–H groups in total. The minimum Gasteiger partial charge on any atom is -0.375 e. The lowest BCUT2D eigenvalue weighted by Gasteiger charge is -2.04. The van der Waals surface area contributed by atoms with Crippen molar-refractivity contribution in [2.45, 2.75) is 40.0 Å². The molecule has 6 heteroatoms. The monoisotopic (exact) mass is 408 g/mol. The first-order valence-corrected chi connectivity index (χ1v) is 10.9. The third kappa shape index (κ3) is 4.40. The van der Waals surface area contributed by atoms with Gasteiger partial charge in [-0.15, -0.1) is 0 Å². The number of fused-ring (bicyclic) bond motifs is 2. The van der Waals surface area contributed by atoms with Crippen LogP contribution in [-0.4, -0.2) is 35.6 Å². The van der Waals surface area contributed by atoms with Gasteiger partial charge in [0.1, 0.15) is 13.1 Å². The van der Waals surface area contributed by atoms with Crippen molar-refractivity contribution in [1.29, 1.82) is 0 Å². The van der Waals surface area contributed by atoms with Gasteiger partial charge in [0.25, 0.3) is 0 Å². The molecule has 0 atom stereocenters. The third-order valence-corrected chi connectivity index (χ3v) is 5.57. The number of hydrogen-bond acceptors (Lipinski definition) is 2. The van der Waals surface area contributed by atoms with Crippen LogP contribution in [0.5, 0.6) is 0 Å². The van der Waals surface area contributed by atoms with Gasteiger partial charge in [0, 0.05) is 0 Å². The molecule has 0 aliphatic heterocycles. The van der Waals surface area contributed by atoms with E-state index in [0.717, 1.165) is 26.2 Å². The van der Waals surface area contributed by atoms with Crippen LogP contribution in [0.4, 0.5) is 0 Å². The fraction of sp³-hybridized carbons (Fsp3) is 0.417. The molecule has 0 saturated heterocycles. The second kappa shape index (κ2) is 9.87. The average Bonchev–Trinajstić information content (AvgIpc) is 3.34. The van der Waals surface area contributed by atoms with E-state index in [2.05, 4.69) is 93.3 Å². The number of para-hydroxylation sites is 4. The number of aryl methyl sites for hydroxylation is 2. The summed E-state index contributed by atoms with van der Waals surface area (Å²) in [5.74, 6) is 0. The van der Waals surface area contributed by atoms with E-state index in [4.69, 9.17) is 9.47 Å². The lowest BCUT2D eigenvalue weighted by Crippen LogP contribution is -2.35. The Morgan fingerprint density at radius 1 is 0.633 bits per heavy atom. The summed E-state index contributed by atoms with van der Waals surface area (Å²) >= 11 is 0. The summed E-state index contributed by atoms with van der Waals surface area (Å²) in [5, 5.41) is 0. The quantitative estimate of drug-likeness (QED) is 0.283. The Bertz CT molecular complexity index is 1010. The molecular formula is C24H32N4O2+2. The molecule has 6 nitrogen and oxygen atoms in total. The fourth-order valence-electron chi connectivity index (χ4n) is 3.99. The van der Waals surface area contributed by atoms with E-state index in [9.17, 15) is 0 Å². The van der Waals surface area contributed by atoms with Crippen LogP contribution in [0.2, 0.25) is 0 Å². The molecule has 2 heterocycles. The Balaban J connectivity index is 1.18. The zero-order valence-electron chi connectivity index (χ0n) is 18.0. The Hall–Kier alpha value is -2.70. The van der Waals surface area contributed by atoms with Crippen LogP contribution in [0.3, 0.4) is 0 Å². The van der Waals surface area contributed by atoms with Gasteiger partial charge in [0.05, 0.1) is 39.5 Å². The molecule has 0 spiro atoms. The Morgan fingerprint density at radius 3 is 1.50 bits per heavy atom. The highest BCUT2D eigenvalue weighted by molar-refractivity contribution is 5.72. The molecule has 158 valence electrons. The van der Waals surface area contributed by atoms with E-state index in [1.165, 1.54) is 22.1 Å². The average molecular weight is 409 g/mol. The van der Waals surface area contributed by atoms with Gasteiger partial charge < -0.3 is 9.47 Å². The minimum absolute atomic E-state index is 0.619. The van der Waals surface area contributed by atoms with Crippen LogP contribution in [0.1, 0.15) is 13.8 Å². The van der Waals surface area contributed by atoms with E-state index in [-0.39, 0.29) is 0 Å². The Kier molecular flexibility index (Phi) is 6.77. The summed E-state index contributed by atoms with van der Waals surface area (Å²) in [4.78, 5) is 0. The number of aromatic nitrogens is 4. The molecule has 4 rings (SSSR count). The number of benzene rings is 2. The smallest absolute Gasteiger partial charge is 0.244 e. The van der Waals surface area contributed by atoms with Crippen molar-refractivity contribution < 1.29 is 18.6 Å². The second-order valence-corrected chi connectivity index (χ2v) is 7.39. The second-order valence-electron chi connectivity index (χ2n) is 7.39. The molecule has 0 fully saturated rings. The largest absolute Gasteiger partial charge is 0.375 e. The number of imidazole rings is 2. The van der Waals surface area contributed by atoms with Crippen LogP contribution >= 0.6 is 0 Å². The first-order valence-electron chi connectivity index (χ1n) is 10.9. The maximum atomic E-state index is 5.81. The maximum Gasteiger partial charge on any atom is 0.244 e. The normalized spacial score (nSPS) is 11.7. The molecule has 0 radical (unpaired) electrons. The topological polar surface area (TPSA) is 36.1 Å². The molecule has 2 aromatic heterocycles. The molecular weight excluding hydrogens is 376 g/mol. The number of nitrogens with zero attached hydrogens (tertiary/aromatic N) is 4. The molecule has 0 amide bonds. The van der Waals surface area contributed by atoms with Gasteiger partial charge in [-0.3, -0.25) is 0 Å². The van der Waals surface area contributed by atoms with E-state index in [0.29, 0.717) is 26.4 Å². The molecule has 0 aliphatic rings. The molecule has 0 unspecified atom stereocenters. The lowest BCUT2D eigenvalue weighted by atomic mass is 10.3. The van der Waals surface area contributed by atoms with Crippen molar-refractivity contribution in [2.75, 3.05) is 26.4 Å². The minimum atomic E-state index is 0.619. The zero-order valence-corrected chi connectivity index (χ0v) is 18.0.